The monoisotopic (exact) mass is 320 g/mol. The van der Waals surface area contributed by atoms with Gasteiger partial charge in [-0.25, -0.2) is 0 Å². The molecular weight excluding hydrogens is 312 g/mol. The van der Waals surface area contributed by atoms with Crippen LogP contribution in [0.15, 0.2) is 29.0 Å². The number of aryl methyl sites for hydroxylation is 1. The van der Waals surface area contributed by atoms with E-state index in [4.69, 9.17) is 10.5 Å². The average Bonchev–Trinajstić information content (AvgIpc) is 2.82. The molecule has 2 heterocycles. The van der Waals surface area contributed by atoms with Crippen molar-refractivity contribution in [3.63, 3.8) is 0 Å². The van der Waals surface area contributed by atoms with E-state index >= 15 is 0 Å². The lowest BCUT2D eigenvalue weighted by Crippen LogP contribution is -2.00. The third kappa shape index (κ3) is 2.10. The van der Waals surface area contributed by atoms with Gasteiger partial charge in [-0.2, -0.15) is 4.52 Å². The van der Waals surface area contributed by atoms with Gasteiger partial charge in [-0.05, 0) is 35.0 Å². The predicted octanol–water partition coefficient (Wildman–Crippen LogP) is 1.96. The van der Waals surface area contributed by atoms with Gasteiger partial charge >= 0.3 is 0 Å². The number of rotatable bonds is 2. The topological polar surface area (TPSA) is 91.2 Å². The van der Waals surface area contributed by atoms with E-state index in [1.54, 1.807) is 12.3 Å². The molecule has 0 aliphatic carbocycles. The van der Waals surface area contributed by atoms with Crippen LogP contribution in [-0.4, -0.2) is 25.0 Å². The highest BCUT2D eigenvalue weighted by molar-refractivity contribution is 9.10. The number of halogens is 1. The lowest BCUT2D eigenvalue weighted by atomic mass is 10.2. The fraction of sp³-hybridized carbons (Fsp3) is 0.0909. The Kier molecular flexibility index (Phi) is 2.79. The number of ether oxygens (including phenoxy) is 1. The zero-order valence-corrected chi connectivity index (χ0v) is 11.5. The molecule has 0 fully saturated rings. The molecule has 7 nitrogen and oxygen atoms in total. The smallest absolute Gasteiger partial charge is 0.242 e. The van der Waals surface area contributed by atoms with Crippen LogP contribution in [0.25, 0.3) is 5.65 Å². The molecule has 0 saturated heterocycles. The molecule has 1 aromatic carbocycles. The predicted molar refractivity (Wildman–Crippen MR) is 71.9 cm³/mol. The number of nitrogens with zero attached hydrogens (tertiary/aromatic N) is 5. The summed E-state index contributed by atoms with van der Waals surface area (Å²) in [5, 5.41) is 11.2. The van der Waals surface area contributed by atoms with Gasteiger partial charge < -0.3 is 10.5 Å². The summed E-state index contributed by atoms with van der Waals surface area (Å²) in [5.41, 5.74) is 7.88. The summed E-state index contributed by atoms with van der Waals surface area (Å²) in [5.74, 6) is 0.965. The van der Waals surface area contributed by atoms with Crippen LogP contribution in [0.2, 0.25) is 0 Å². The second-order valence-electron chi connectivity index (χ2n) is 3.94. The van der Waals surface area contributed by atoms with Crippen molar-refractivity contribution in [2.24, 2.45) is 0 Å². The first-order valence-electron chi connectivity index (χ1n) is 5.41. The second kappa shape index (κ2) is 4.47. The lowest BCUT2D eigenvalue weighted by Gasteiger charge is -2.11. The van der Waals surface area contributed by atoms with E-state index in [0.29, 0.717) is 23.0 Å². The second-order valence-corrected chi connectivity index (χ2v) is 4.85. The Morgan fingerprint density at radius 3 is 2.95 bits per heavy atom. The molecule has 0 spiro atoms. The molecule has 3 rings (SSSR count). The van der Waals surface area contributed by atoms with Crippen LogP contribution in [-0.2, 0) is 0 Å². The van der Waals surface area contributed by atoms with Crippen molar-refractivity contribution in [1.82, 2.24) is 25.0 Å². The highest BCUT2D eigenvalue weighted by atomic mass is 79.9. The summed E-state index contributed by atoms with van der Waals surface area (Å²) >= 11 is 3.38. The molecule has 0 bridgehead atoms. The van der Waals surface area contributed by atoms with Crippen molar-refractivity contribution < 1.29 is 4.74 Å². The van der Waals surface area contributed by atoms with E-state index in [1.165, 1.54) is 10.7 Å². The van der Waals surface area contributed by atoms with Gasteiger partial charge in [0.05, 0.1) is 18.1 Å². The van der Waals surface area contributed by atoms with Gasteiger partial charge in [-0.3, -0.25) is 4.98 Å². The van der Waals surface area contributed by atoms with Crippen molar-refractivity contribution in [2.45, 2.75) is 6.92 Å². The Balaban J connectivity index is 2.09. The number of nitrogen functional groups attached to an aromatic ring is 1. The van der Waals surface area contributed by atoms with Gasteiger partial charge in [0, 0.05) is 4.47 Å². The van der Waals surface area contributed by atoms with Crippen LogP contribution in [0.1, 0.15) is 5.56 Å². The Morgan fingerprint density at radius 2 is 2.16 bits per heavy atom. The first-order valence-corrected chi connectivity index (χ1v) is 6.20. The van der Waals surface area contributed by atoms with Crippen LogP contribution in [0.5, 0.6) is 11.6 Å². The molecule has 0 aliphatic rings. The SMILES string of the molecule is Cc1cc(Br)cc(N)c1Oc1cncc2nnnn12. The number of hydrogen-bond donors (Lipinski definition) is 1. The minimum absolute atomic E-state index is 0.402. The van der Waals surface area contributed by atoms with Crippen molar-refractivity contribution in [3.8, 4) is 11.6 Å². The van der Waals surface area contributed by atoms with Crippen molar-refractivity contribution in [3.05, 3.63) is 34.6 Å². The molecular formula is C11H9BrN6O. The average molecular weight is 321 g/mol. The maximum atomic E-state index is 5.95. The third-order valence-corrected chi connectivity index (χ3v) is 3.01. The summed E-state index contributed by atoms with van der Waals surface area (Å²) in [6, 6.07) is 3.69. The summed E-state index contributed by atoms with van der Waals surface area (Å²) in [7, 11) is 0. The minimum atomic E-state index is 0.402. The number of hydrogen-bond acceptors (Lipinski definition) is 6. The van der Waals surface area contributed by atoms with Gasteiger partial charge in [-0.15, -0.1) is 5.10 Å². The maximum Gasteiger partial charge on any atom is 0.242 e. The van der Waals surface area contributed by atoms with Gasteiger partial charge in [0.15, 0.2) is 5.75 Å². The Labute approximate surface area is 116 Å². The Hall–Kier alpha value is -2.22. The van der Waals surface area contributed by atoms with Gasteiger partial charge in [0.1, 0.15) is 0 Å². The van der Waals surface area contributed by atoms with Crippen molar-refractivity contribution in [1.29, 1.82) is 0 Å². The molecule has 0 amide bonds. The van der Waals surface area contributed by atoms with E-state index in [0.717, 1.165) is 10.0 Å². The van der Waals surface area contributed by atoms with Gasteiger partial charge in [-0.1, -0.05) is 15.9 Å². The molecule has 2 N–H and O–H groups in total. The Bertz CT molecular complexity index is 733. The molecule has 3 aromatic rings. The fourth-order valence-corrected chi connectivity index (χ4v) is 2.31. The normalized spacial score (nSPS) is 10.8. The zero-order valence-electron chi connectivity index (χ0n) is 9.91. The fourth-order valence-electron chi connectivity index (χ4n) is 1.72. The summed E-state index contributed by atoms with van der Waals surface area (Å²) in [4.78, 5) is 4.02. The third-order valence-electron chi connectivity index (χ3n) is 2.55. The number of benzene rings is 1. The summed E-state index contributed by atoms with van der Waals surface area (Å²) in [6.07, 6.45) is 3.08. The number of tetrazole rings is 1. The Morgan fingerprint density at radius 1 is 1.32 bits per heavy atom. The molecule has 2 aromatic heterocycles. The molecule has 0 saturated carbocycles. The van der Waals surface area contributed by atoms with E-state index in [1.807, 2.05) is 13.0 Å². The minimum Gasteiger partial charge on any atom is -0.435 e. The van der Waals surface area contributed by atoms with Crippen molar-refractivity contribution >= 4 is 27.3 Å². The van der Waals surface area contributed by atoms with Crippen LogP contribution in [0.3, 0.4) is 0 Å². The molecule has 19 heavy (non-hydrogen) atoms. The molecule has 0 radical (unpaired) electrons. The van der Waals surface area contributed by atoms with Crippen LogP contribution < -0.4 is 10.5 Å². The standard InChI is InChI=1S/C11H9BrN6O/c1-6-2-7(12)3-8(13)11(6)19-10-5-14-4-9-15-16-17-18(9)10/h2-5H,13H2,1H3. The molecule has 0 unspecified atom stereocenters. The van der Waals surface area contributed by atoms with E-state index < -0.39 is 0 Å². The molecule has 8 heteroatoms. The van der Waals surface area contributed by atoms with Gasteiger partial charge in [0.2, 0.25) is 11.5 Å². The number of fused-ring (bicyclic) bond motifs is 1. The van der Waals surface area contributed by atoms with E-state index in [-0.39, 0.29) is 0 Å². The molecule has 96 valence electrons. The van der Waals surface area contributed by atoms with Crippen molar-refractivity contribution in [2.75, 3.05) is 5.73 Å². The highest BCUT2D eigenvalue weighted by Gasteiger charge is 2.11. The summed E-state index contributed by atoms with van der Waals surface area (Å²) < 4.78 is 8.13. The molecule has 0 aliphatic heterocycles. The first-order chi connectivity index (χ1) is 9.15. The summed E-state index contributed by atoms with van der Waals surface area (Å²) in [6.45, 7) is 1.91. The lowest BCUT2D eigenvalue weighted by molar-refractivity contribution is 0.441. The zero-order chi connectivity index (χ0) is 13.4. The quantitative estimate of drug-likeness (QED) is 0.726. The van der Waals surface area contributed by atoms with Gasteiger partial charge in [0.25, 0.3) is 0 Å². The van der Waals surface area contributed by atoms with E-state index in [9.17, 15) is 0 Å². The number of anilines is 1. The largest absolute Gasteiger partial charge is 0.435 e. The first kappa shape index (κ1) is 11.8. The maximum absolute atomic E-state index is 5.95. The number of nitrogens with two attached hydrogens (primary N) is 1. The van der Waals surface area contributed by atoms with Crippen LogP contribution in [0.4, 0.5) is 5.69 Å². The van der Waals surface area contributed by atoms with Crippen LogP contribution >= 0.6 is 15.9 Å². The van der Waals surface area contributed by atoms with Crippen LogP contribution in [0, 0.1) is 6.92 Å². The van der Waals surface area contributed by atoms with E-state index in [2.05, 4.69) is 36.4 Å². The molecule has 0 atom stereocenters. The number of aromatic nitrogens is 5. The highest BCUT2D eigenvalue weighted by Crippen LogP contribution is 2.33.